The van der Waals surface area contributed by atoms with E-state index in [1.54, 1.807) is 6.26 Å². The highest BCUT2D eigenvalue weighted by Crippen LogP contribution is 2.11. The van der Waals surface area contributed by atoms with Gasteiger partial charge < -0.3 is 5.43 Å². The van der Waals surface area contributed by atoms with Gasteiger partial charge in [0.25, 0.3) is 0 Å². The maximum Gasteiger partial charge on any atom is 0.240 e. The quantitative estimate of drug-likeness (QED) is 0.352. The van der Waals surface area contributed by atoms with Crippen LogP contribution in [0.15, 0.2) is 23.2 Å². The molecule has 1 rings (SSSR count). The van der Waals surface area contributed by atoms with Crippen LogP contribution in [0, 0.1) is 0 Å². The zero-order chi connectivity index (χ0) is 13.6. The molecule has 0 aliphatic carbocycles. The lowest BCUT2D eigenvalue weighted by Gasteiger charge is -2.07. The van der Waals surface area contributed by atoms with Crippen LogP contribution in [0.5, 0.6) is 0 Å². The number of hydrazine groups is 1. The molecule has 0 radical (unpaired) electrons. The topological polar surface area (TPSA) is 114 Å². The molecule has 0 saturated heterocycles. The van der Waals surface area contributed by atoms with Gasteiger partial charge in [-0.3, -0.25) is 4.21 Å². The molecule has 0 bridgehead atoms. The second kappa shape index (κ2) is 6.78. The number of hydrogen-bond acceptors (Lipinski definition) is 6. The van der Waals surface area contributed by atoms with Gasteiger partial charge in [0.2, 0.25) is 10.0 Å². The summed E-state index contributed by atoms with van der Waals surface area (Å²) in [5.41, 5.74) is 2.28. The van der Waals surface area contributed by atoms with Gasteiger partial charge in [0.05, 0.1) is 4.90 Å². The number of anilines is 1. The van der Waals surface area contributed by atoms with Crippen molar-refractivity contribution in [3.05, 3.63) is 18.3 Å². The van der Waals surface area contributed by atoms with Crippen LogP contribution in [0.25, 0.3) is 0 Å². The van der Waals surface area contributed by atoms with Crippen molar-refractivity contribution in [2.24, 2.45) is 5.84 Å². The van der Waals surface area contributed by atoms with Crippen molar-refractivity contribution >= 4 is 26.6 Å². The summed E-state index contributed by atoms with van der Waals surface area (Å²) in [6, 6.07) is 2.71. The monoisotopic (exact) mass is 292 g/mol. The first-order chi connectivity index (χ1) is 8.45. The van der Waals surface area contributed by atoms with E-state index in [4.69, 9.17) is 5.84 Å². The molecule has 7 nitrogen and oxygen atoms in total. The Morgan fingerprint density at radius 3 is 2.83 bits per heavy atom. The van der Waals surface area contributed by atoms with E-state index in [0.29, 0.717) is 12.2 Å². The first kappa shape index (κ1) is 15.0. The summed E-state index contributed by atoms with van der Waals surface area (Å²) in [5.74, 6) is 5.89. The van der Waals surface area contributed by atoms with Crippen LogP contribution in [-0.2, 0) is 20.8 Å². The summed E-state index contributed by atoms with van der Waals surface area (Å²) in [6.45, 7) is 0.246. The van der Waals surface area contributed by atoms with Crippen molar-refractivity contribution in [1.82, 2.24) is 9.71 Å². The van der Waals surface area contributed by atoms with E-state index >= 15 is 0 Å². The van der Waals surface area contributed by atoms with Crippen molar-refractivity contribution < 1.29 is 12.6 Å². The Morgan fingerprint density at radius 2 is 2.22 bits per heavy atom. The molecule has 0 aromatic carbocycles. The minimum atomic E-state index is -3.58. The number of aromatic nitrogens is 1. The van der Waals surface area contributed by atoms with Crippen molar-refractivity contribution in [2.75, 3.05) is 24.0 Å². The number of rotatable bonds is 7. The van der Waals surface area contributed by atoms with Crippen molar-refractivity contribution in [2.45, 2.75) is 11.3 Å². The van der Waals surface area contributed by atoms with E-state index in [2.05, 4.69) is 15.1 Å². The van der Waals surface area contributed by atoms with Gasteiger partial charge in [-0.25, -0.2) is 24.0 Å². The number of nitrogen functional groups attached to an aromatic ring is 1. The van der Waals surface area contributed by atoms with Gasteiger partial charge in [-0.2, -0.15) is 0 Å². The number of nitrogens with two attached hydrogens (primary N) is 1. The maximum absolute atomic E-state index is 11.9. The molecule has 0 aliphatic rings. The predicted octanol–water partition coefficient (Wildman–Crippen LogP) is -0.586. The van der Waals surface area contributed by atoms with E-state index in [0.717, 1.165) is 0 Å². The zero-order valence-corrected chi connectivity index (χ0v) is 11.6. The molecule has 0 spiro atoms. The minimum absolute atomic E-state index is 0.0862. The predicted molar refractivity (Wildman–Crippen MR) is 70.8 cm³/mol. The van der Waals surface area contributed by atoms with Gasteiger partial charge in [0, 0.05) is 41.6 Å². The third-order valence-corrected chi connectivity index (χ3v) is 4.41. The molecule has 0 saturated carbocycles. The smallest absolute Gasteiger partial charge is 0.240 e. The normalized spacial score (nSPS) is 13.2. The molecule has 0 amide bonds. The first-order valence-electron chi connectivity index (χ1n) is 5.18. The Kier molecular flexibility index (Phi) is 5.66. The average molecular weight is 292 g/mol. The molecule has 9 heteroatoms. The van der Waals surface area contributed by atoms with Gasteiger partial charge in [-0.15, -0.1) is 0 Å². The van der Waals surface area contributed by atoms with E-state index in [1.807, 2.05) is 0 Å². The molecule has 102 valence electrons. The van der Waals surface area contributed by atoms with Gasteiger partial charge in [0.1, 0.15) is 5.82 Å². The fraction of sp³-hybridized carbons (Fsp3) is 0.444. The molecule has 1 heterocycles. The number of hydrogen-bond donors (Lipinski definition) is 3. The van der Waals surface area contributed by atoms with E-state index < -0.39 is 20.8 Å². The molecular formula is C9H16N4O3S2. The summed E-state index contributed by atoms with van der Waals surface area (Å²) in [5, 5.41) is 0. The zero-order valence-electron chi connectivity index (χ0n) is 9.92. The van der Waals surface area contributed by atoms with Crippen LogP contribution in [-0.4, -0.2) is 36.2 Å². The lowest BCUT2D eigenvalue weighted by atomic mass is 10.5. The fourth-order valence-corrected chi connectivity index (χ4v) is 2.86. The molecule has 1 aromatic heterocycles. The molecular weight excluding hydrogens is 276 g/mol. The third-order valence-electron chi connectivity index (χ3n) is 2.09. The highest BCUT2D eigenvalue weighted by atomic mass is 32.2. The van der Waals surface area contributed by atoms with Crippen LogP contribution in [0.4, 0.5) is 5.82 Å². The average Bonchev–Trinajstić information content (AvgIpc) is 2.34. The second-order valence-electron chi connectivity index (χ2n) is 3.55. The molecule has 18 heavy (non-hydrogen) atoms. The summed E-state index contributed by atoms with van der Waals surface area (Å²) in [7, 11) is -4.49. The van der Waals surface area contributed by atoms with Gasteiger partial charge >= 0.3 is 0 Å². The molecule has 4 N–H and O–H groups in total. The van der Waals surface area contributed by atoms with E-state index in [-0.39, 0.29) is 17.3 Å². The van der Waals surface area contributed by atoms with Gasteiger partial charge in [-0.1, -0.05) is 0 Å². The Labute approximate surface area is 109 Å². The Balaban J connectivity index is 2.65. The Morgan fingerprint density at radius 1 is 1.50 bits per heavy atom. The lowest BCUT2D eigenvalue weighted by Crippen LogP contribution is -2.26. The summed E-state index contributed by atoms with van der Waals surface area (Å²) in [6.07, 6.45) is 3.46. The number of nitrogens with one attached hydrogen (secondary N) is 2. The summed E-state index contributed by atoms with van der Waals surface area (Å²) in [4.78, 5) is 3.91. The second-order valence-corrected chi connectivity index (χ2v) is 6.87. The molecule has 1 aromatic rings. The summed E-state index contributed by atoms with van der Waals surface area (Å²) < 4.78 is 37.0. The molecule has 0 fully saturated rings. The van der Waals surface area contributed by atoms with Crippen molar-refractivity contribution in [3.63, 3.8) is 0 Å². The molecule has 1 unspecified atom stereocenters. The molecule has 0 aliphatic heterocycles. The summed E-state index contributed by atoms with van der Waals surface area (Å²) >= 11 is 0. The number of pyridine rings is 1. The Hall–Kier alpha value is -1.03. The van der Waals surface area contributed by atoms with Crippen LogP contribution in [0.3, 0.4) is 0 Å². The highest BCUT2D eigenvalue weighted by Gasteiger charge is 2.13. The number of sulfonamides is 1. The van der Waals surface area contributed by atoms with Crippen LogP contribution < -0.4 is 16.0 Å². The maximum atomic E-state index is 11.9. The number of nitrogens with zero attached hydrogens (tertiary/aromatic N) is 1. The van der Waals surface area contributed by atoms with E-state index in [9.17, 15) is 12.6 Å². The fourth-order valence-electron chi connectivity index (χ4n) is 1.22. The van der Waals surface area contributed by atoms with Crippen LogP contribution >= 0.6 is 0 Å². The minimum Gasteiger partial charge on any atom is -0.308 e. The first-order valence-corrected chi connectivity index (χ1v) is 8.39. The highest BCUT2D eigenvalue weighted by molar-refractivity contribution is 7.89. The van der Waals surface area contributed by atoms with Crippen LogP contribution in [0.1, 0.15) is 6.42 Å². The third kappa shape index (κ3) is 4.69. The SMILES string of the molecule is CS(=O)CCCNS(=O)(=O)c1ccnc(NN)c1. The largest absolute Gasteiger partial charge is 0.308 e. The van der Waals surface area contributed by atoms with Gasteiger partial charge in [0.15, 0.2) is 0 Å². The lowest BCUT2D eigenvalue weighted by molar-refractivity contribution is 0.580. The standard InChI is InChI=1S/C9H16N4O3S2/c1-17(14)6-2-4-12-18(15,16)8-3-5-11-9(7-8)13-10/h3,5,7,12H,2,4,6,10H2,1H3,(H,11,13). The van der Waals surface area contributed by atoms with E-state index in [1.165, 1.54) is 18.3 Å². The van der Waals surface area contributed by atoms with Crippen molar-refractivity contribution in [1.29, 1.82) is 0 Å². The Bertz CT molecular complexity index is 518. The van der Waals surface area contributed by atoms with Crippen LogP contribution in [0.2, 0.25) is 0 Å². The van der Waals surface area contributed by atoms with Gasteiger partial charge in [-0.05, 0) is 12.5 Å². The van der Waals surface area contributed by atoms with Crippen molar-refractivity contribution in [3.8, 4) is 0 Å². The molecule has 1 atom stereocenters.